The second-order valence-corrected chi connectivity index (χ2v) is 10.5. The van der Waals surface area contributed by atoms with Crippen LogP contribution >= 0.6 is 0 Å². The minimum atomic E-state index is -0.891. The van der Waals surface area contributed by atoms with E-state index in [2.05, 4.69) is 0 Å². The molecule has 1 heterocycles. The van der Waals surface area contributed by atoms with Gasteiger partial charge in [0.25, 0.3) is 0 Å². The molecular weight excluding hydrogens is 493 g/mol. The minimum absolute atomic E-state index is 0.0276. The molecule has 1 aliphatic heterocycles. The van der Waals surface area contributed by atoms with Gasteiger partial charge in [-0.2, -0.15) is 0 Å². The van der Waals surface area contributed by atoms with Gasteiger partial charge < -0.3 is 10.2 Å². The summed E-state index contributed by atoms with van der Waals surface area (Å²) < 4.78 is 14.4. The lowest BCUT2D eigenvalue weighted by Crippen LogP contribution is -2.40. The molecule has 1 aromatic carbocycles. The maximum Gasteiger partial charge on any atom is 0.303 e. The third kappa shape index (κ3) is 4.19. The molecule has 4 aliphatic rings. The van der Waals surface area contributed by atoms with Crippen LogP contribution in [0.3, 0.4) is 0 Å². The van der Waals surface area contributed by atoms with Crippen LogP contribution < -0.4 is 0 Å². The van der Waals surface area contributed by atoms with E-state index in [0.29, 0.717) is 24.8 Å². The highest BCUT2D eigenvalue weighted by Gasteiger charge is 2.56. The highest BCUT2D eigenvalue weighted by molar-refractivity contribution is 6.23. The number of carboxylic acids is 1. The highest BCUT2D eigenvalue weighted by atomic mass is 19.1. The quantitative estimate of drug-likeness (QED) is 0.243. The number of nitrogens with zero attached hydrogens (tertiary/aromatic N) is 1. The summed E-state index contributed by atoms with van der Waals surface area (Å²) in [6, 6.07) is 3.87. The van der Waals surface area contributed by atoms with E-state index in [-0.39, 0.29) is 65.9 Å². The van der Waals surface area contributed by atoms with Crippen molar-refractivity contribution in [1.29, 1.82) is 0 Å². The van der Waals surface area contributed by atoms with Gasteiger partial charge in [0.15, 0.2) is 23.1 Å². The number of hydrogen-bond acceptors (Lipinski definition) is 6. The van der Waals surface area contributed by atoms with Crippen molar-refractivity contribution in [3.8, 4) is 5.75 Å². The van der Waals surface area contributed by atoms with Gasteiger partial charge >= 0.3 is 5.97 Å². The number of Topliss-reactive ketones (excluding diaryl/α,β-unsaturated/α-hetero) is 1. The number of allylic oxidation sites excluding steroid dienone is 6. The number of aromatic hydroxyl groups is 1. The summed E-state index contributed by atoms with van der Waals surface area (Å²) in [7, 11) is 0. The Morgan fingerprint density at radius 1 is 1.08 bits per heavy atom. The van der Waals surface area contributed by atoms with Crippen molar-refractivity contribution in [2.24, 2.45) is 17.8 Å². The number of carbonyl (C=O) groups excluding carboxylic acids is 4. The van der Waals surface area contributed by atoms with Gasteiger partial charge in [0.2, 0.25) is 11.8 Å². The number of aliphatic carboxylic acids is 1. The monoisotopic (exact) mass is 521 g/mol. The van der Waals surface area contributed by atoms with Gasteiger partial charge in [-0.05, 0) is 62.3 Å². The molecule has 0 aromatic heterocycles. The van der Waals surface area contributed by atoms with Crippen LogP contribution in [0.2, 0.25) is 0 Å². The van der Waals surface area contributed by atoms with E-state index < -0.39 is 41.2 Å². The van der Waals surface area contributed by atoms with Crippen LogP contribution in [0.4, 0.5) is 4.39 Å². The molecule has 1 fully saturated rings. The molecule has 4 atom stereocenters. The van der Waals surface area contributed by atoms with Gasteiger partial charge in [0.05, 0.1) is 11.8 Å². The predicted molar refractivity (Wildman–Crippen MR) is 132 cm³/mol. The standard InChI is InChI=1S/C29H28FNO7/c1-14-11-22(33)19-13-18-16(24(26(19)27(14)36)15-6-9-21(32)20(30)12-15)7-8-17-25(18)29(38)31(28(17)37)10-4-2-3-5-23(34)35/h6-7,9,11-12,17-18,24-25,32H,2-5,8,10,13H2,1H3,(H,34,35). The number of likely N-dealkylation sites (tertiary alicyclic amines) is 1. The normalized spacial score (nSPS) is 26.6. The molecule has 5 rings (SSSR count). The molecule has 3 aliphatic carbocycles. The number of imide groups is 1. The summed E-state index contributed by atoms with van der Waals surface area (Å²) in [5.74, 6) is -6.08. The second-order valence-electron chi connectivity index (χ2n) is 10.5. The van der Waals surface area contributed by atoms with E-state index in [1.165, 1.54) is 23.1 Å². The van der Waals surface area contributed by atoms with Gasteiger partial charge in [0.1, 0.15) is 0 Å². The first kappa shape index (κ1) is 25.8. The zero-order valence-corrected chi connectivity index (χ0v) is 20.9. The topological polar surface area (TPSA) is 129 Å². The third-order valence-corrected chi connectivity index (χ3v) is 8.23. The van der Waals surface area contributed by atoms with E-state index in [1.807, 2.05) is 6.08 Å². The second kappa shape index (κ2) is 9.78. The highest BCUT2D eigenvalue weighted by Crippen LogP contribution is 2.55. The van der Waals surface area contributed by atoms with E-state index >= 15 is 0 Å². The van der Waals surface area contributed by atoms with Crippen molar-refractivity contribution < 1.29 is 38.6 Å². The summed E-state index contributed by atoms with van der Waals surface area (Å²) in [4.78, 5) is 65.2. The summed E-state index contributed by atoms with van der Waals surface area (Å²) in [5, 5.41) is 18.6. The summed E-state index contributed by atoms with van der Waals surface area (Å²) >= 11 is 0. The van der Waals surface area contributed by atoms with Crippen LogP contribution in [0.1, 0.15) is 56.9 Å². The van der Waals surface area contributed by atoms with Crippen molar-refractivity contribution >= 4 is 29.4 Å². The zero-order chi connectivity index (χ0) is 27.3. The number of carboxylic acid groups (broad SMARTS) is 1. The lowest BCUT2D eigenvalue weighted by molar-refractivity contribution is -0.141. The van der Waals surface area contributed by atoms with E-state index in [1.54, 1.807) is 6.92 Å². The van der Waals surface area contributed by atoms with Crippen molar-refractivity contribution in [3.05, 3.63) is 64.0 Å². The smallest absolute Gasteiger partial charge is 0.303 e. The molecule has 2 N–H and O–H groups in total. The van der Waals surface area contributed by atoms with Gasteiger partial charge in [0, 0.05) is 35.6 Å². The molecule has 38 heavy (non-hydrogen) atoms. The van der Waals surface area contributed by atoms with Crippen LogP contribution in [-0.2, 0) is 24.0 Å². The van der Waals surface area contributed by atoms with Crippen molar-refractivity contribution in [1.82, 2.24) is 4.90 Å². The largest absolute Gasteiger partial charge is 0.505 e. The zero-order valence-electron chi connectivity index (χ0n) is 20.9. The fourth-order valence-electron chi connectivity index (χ4n) is 6.45. The van der Waals surface area contributed by atoms with E-state index in [9.17, 15) is 33.5 Å². The van der Waals surface area contributed by atoms with Crippen LogP contribution in [0.15, 0.2) is 52.6 Å². The van der Waals surface area contributed by atoms with E-state index in [0.717, 1.165) is 11.6 Å². The molecule has 8 nitrogen and oxygen atoms in total. The fraction of sp³-hybridized carbons (Fsp3) is 0.414. The molecular formula is C29H28FNO7. The molecule has 1 saturated heterocycles. The summed E-state index contributed by atoms with van der Waals surface area (Å²) in [6.45, 7) is 1.76. The van der Waals surface area contributed by atoms with Crippen LogP contribution in [0.5, 0.6) is 5.75 Å². The minimum Gasteiger partial charge on any atom is -0.505 e. The maximum atomic E-state index is 14.4. The number of fused-ring (bicyclic) bond motifs is 3. The average Bonchev–Trinajstić information content (AvgIpc) is 3.12. The van der Waals surface area contributed by atoms with Gasteiger partial charge in [-0.25, -0.2) is 4.39 Å². The van der Waals surface area contributed by atoms with Crippen LogP contribution in [0.25, 0.3) is 0 Å². The van der Waals surface area contributed by atoms with Crippen molar-refractivity contribution in [2.45, 2.75) is 51.4 Å². The first-order valence-corrected chi connectivity index (χ1v) is 12.9. The van der Waals surface area contributed by atoms with Crippen LogP contribution in [0, 0.1) is 23.6 Å². The number of phenolic OH excluding ortho intramolecular Hbond substituents is 1. The number of phenols is 1. The number of carbonyl (C=O) groups is 5. The Hall–Kier alpha value is -3.88. The van der Waals surface area contributed by atoms with Gasteiger partial charge in [-0.1, -0.05) is 24.1 Å². The van der Waals surface area contributed by atoms with Gasteiger partial charge in [-0.3, -0.25) is 28.9 Å². The predicted octanol–water partition coefficient (Wildman–Crippen LogP) is 3.61. The Balaban J connectivity index is 1.50. The molecule has 2 amide bonds. The maximum absolute atomic E-state index is 14.4. The molecule has 9 heteroatoms. The molecule has 0 saturated carbocycles. The molecule has 1 aromatic rings. The Morgan fingerprint density at radius 3 is 2.55 bits per heavy atom. The SMILES string of the molecule is CC1=CC(=O)C2=C(C1=O)C(c1ccc(O)c(F)c1)C1=CCC3C(=O)N(CCCCCC(=O)O)C(=O)C3C1C2. The number of halogens is 1. The number of rotatable bonds is 7. The first-order valence-electron chi connectivity index (χ1n) is 12.9. The molecule has 0 spiro atoms. The van der Waals surface area contributed by atoms with Crippen LogP contribution in [-0.4, -0.2) is 51.0 Å². The lowest BCUT2D eigenvalue weighted by atomic mass is 9.59. The van der Waals surface area contributed by atoms with Crippen molar-refractivity contribution in [2.75, 3.05) is 6.54 Å². The molecule has 4 unspecified atom stereocenters. The average molecular weight is 522 g/mol. The number of unbranched alkanes of at least 4 members (excludes halogenated alkanes) is 2. The van der Waals surface area contributed by atoms with Gasteiger partial charge in [-0.15, -0.1) is 0 Å². The third-order valence-electron chi connectivity index (χ3n) is 8.23. The van der Waals surface area contributed by atoms with E-state index in [4.69, 9.17) is 5.11 Å². The fourth-order valence-corrected chi connectivity index (χ4v) is 6.45. The summed E-state index contributed by atoms with van der Waals surface area (Å²) in [6.07, 6.45) is 5.12. The Kier molecular flexibility index (Phi) is 6.63. The molecule has 0 bridgehead atoms. The number of hydrogen-bond donors (Lipinski definition) is 2. The Morgan fingerprint density at radius 2 is 1.84 bits per heavy atom. The Bertz CT molecular complexity index is 1370. The van der Waals surface area contributed by atoms with Crippen molar-refractivity contribution in [3.63, 3.8) is 0 Å². The number of benzene rings is 1. The molecule has 198 valence electrons. The number of amides is 2. The first-order chi connectivity index (χ1) is 18.1. The Labute approximate surface area is 218 Å². The number of ketones is 2. The lowest BCUT2D eigenvalue weighted by Gasteiger charge is -2.42. The molecule has 0 radical (unpaired) electrons. The summed E-state index contributed by atoms with van der Waals surface area (Å²) in [5.41, 5.74) is 1.95.